The normalized spacial score (nSPS) is 16.0. The van der Waals surface area contributed by atoms with Crippen LogP contribution in [0.1, 0.15) is 47.3 Å². The molecule has 210 valence electrons. The van der Waals surface area contributed by atoms with Gasteiger partial charge in [-0.1, -0.05) is 35.9 Å². The van der Waals surface area contributed by atoms with Crippen LogP contribution in [0.2, 0.25) is 5.02 Å². The summed E-state index contributed by atoms with van der Waals surface area (Å²) in [4.78, 5) is 40.8. The smallest absolute Gasteiger partial charge is 0.254 e. The molecule has 1 saturated heterocycles. The molecule has 1 atom stereocenters. The van der Waals surface area contributed by atoms with Gasteiger partial charge in [-0.2, -0.15) is 0 Å². The van der Waals surface area contributed by atoms with Crippen LogP contribution in [-0.4, -0.2) is 62.0 Å². The molecule has 4 aromatic rings. The largest absolute Gasteiger partial charge is 0.381 e. The fourth-order valence-corrected chi connectivity index (χ4v) is 5.39. The van der Waals surface area contributed by atoms with Crippen molar-refractivity contribution in [2.45, 2.75) is 38.4 Å². The Hall–Kier alpha value is -4.28. The number of rotatable bonds is 8. The van der Waals surface area contributed by atoms with Gasteiger partial charge >= 0.3 is 0 Å². The van der Waals surface area contributed by atoms with Crippen molar-refractivity contribution >= 4 is 29.4 Å². The summed E-state index contributed by atoms with van der Waals surface area (Å²) in [5, 5.41) is 6.77. The Morgan fingerprint density at radius 2 is 1.98 bits per heavy atom. The topological polar surface area (TPSA) is 114 Å². The predicted octanol–water partition coefficient (Wildman–Crippen LogP) is 4.41. The maximum atomic E-state index is 13.3. The van der Waals surface area contributed by atoms with Crippen LogP contribution in [0.15, 0.2) is 67.4 Å². The van der Waals surface area contributed by atoms with Crippen LogP contribution in [0.25, 0.3) is 16.9 Å². The Morgan fingerprint density at radius 1 is 1.17 bits per heavy atom. The van der Waals surface area contributed by atoms with Gasteiger partial charge in [0.2, 0.25) is 11.9 Å². The zero-order valence-corrected chi connectivity index (χ0v) is 23.3. The van der Waals surface area contributed by atoms with Gasteiger partial charge in [-0.05, 0) is 49.1 Å². The maximum absolute atomic E-state index is 13.3. The van der Waals surface area contributed by atoms with E-state index in [1.807, 2.05) is 54.1 Å². The summed E-state index contributed by atoms with van der Waals surface area (Å²) in [7, 11) is 0. The first-order valence-corrected chi connectivity index (χ1v) is 14.0. The predicted molar refractivity (Wildman–Crippen MR) is 155 cm³/mol. The third-order valence-electron chi connectivity index (χ3n) is 7.47. The Morgan fingerprint density at radius 3 is 2.73 bits per heavy atom. The molecule has 10 nitrogen and oxygen atoms in total. The highest BCUT2D eigenvalue weighted by atomic mass is 35.5. The number of carbonyl (C=O) groups is 2. The number of nitrogens with one attached hydrogen (secondary N) is 2. The molecular weight excluding hydrogens is 542 g/mol. The van der Waals surface area contributed by atoms with E-state index in [4.69, 9.17) is 16.3 Å². The molecule has 0 radical (unpaired) electrons. The number of anilines is 1. The van der Waals surface area contributed by atoms with Gasteiger partial charge in [-0.25, -0.2) is 15.0 Å². The fraction of sp³-hybridized carbons (Fsp3) is 0.300. The number of fused-ring (bicyclic) bond motifs is 1. The van der Waals surface area contributed by atoms with Crippen LogP contribution >= 0.6 is 11.6 Å². The van der Waals surface area contributed by atoms with Gasteiger partial charge in [0, 0.05) is 55.0 Å². The van der Waals surface area contributed by atoms with E-state index in [9.17, 15) is 9.59 Å². The van der Waals surface area contributed by atoms with Gasteiger partial charge in [0.05, 0.1) is 29.3 Å². The second-order valence-electron chi connectivity index (χ2n) is 10.3. The van der Waals surface area contributed by atoms with Gasteiger partial charge < -0.3 is 24.8 Å². The summed E-state index contributed by atoms with van der Waals surface area (Å²) in [6.07, 6.45) is 8.68. The van der Waals surface area contributed by atoms with Crippen molar-refractivity contribution in [3.8, 4) is 16.9 Å². The lowest BCUT2D eigenvalue weighted by Gasteiger charge is -2.23. The van der Waals surface area contributed by atoms with Crippen molar-refractivity contribution in [3.63, 3.8) is 0 Å². The molecule has 6 rings (SSSR count). The monoisotopic (exact) mass is 571 g/mol. The first-order valence-electron chi connectivity index (χ1n) is 13.6. The van der Waals surface area contributed by atoms with Crippen molar-refractivity contribution in [3.05, 3.63) is 89.1 Å². The number of imidazole rings is 1. The molecule has 0 bridgehead atoms. The van der Waals surface area contributed by atoms with E-state index >= 15 is 0 Å². The van der Waals surface area contributed by atoms with E-state index in [1.54, 1.807) is 29.7 Å². The van der Waals surface area contributed by atoms with Crippen LogP contribution in [0.4, 0.5) is 5.95 Å². The summed E-state index contributed by atoms with van der Waals surface area (Å²) in [5.74, 6) is 0.0761. The van der Waals surface area contributed by atoms with Crippen LogP contribution in [0, 0.1) is 0 Å². The zero-order valence-electron chi connectivity index (χ0n) is 22.6. The number of ether oxygens (including phenoxy) is 1. The number of amides is 2. The minimum atomic E-state index is -0.222. The third kappa shape index (κ3) is 5.94. The summed E-state index contributed by atoms with van der Waals surface area (Å²) < 4.78 is 7.34. The molecule has 2 aliphatic heterocycles. The molecule has 2 amide bonds. The van der Waals surface area contributed by atoms with Crippen LogP contribution in [-0.2, 0) is 16.1 Å². The first kappa shape index (κ1) is 26.9. The Balaban J connectivity index is 1.10. The standard InChI is InChI=1S/C30H30ClN7O3/c1-19(20-4-6-24(7-5-20)37-11-10-32-18-37)34-27(39)17-38-16-22-3-2-21(14-25(22)29(38)40)28-26(31)15-33-30(36-28)35-23-8-12-41-13-9-23/h2-7,10-11,14-15,18-19,23H,8-9,12-13,16-17H2,1H3,(H,34,39)(H,33,35,36). The molecule has 2 aromatic carbocycles. The van der Waals surface area contributed by atoms with Gasteiger partial charge in [-0.3, -0.25) is 9.59 Å². The average Bonchev–Trinajstić information content (AvgIpc) is 3.63. The van der Waals surface area contributed by atoms with Gasteiger partial charge in [0.25, 0.3) is 5.91 Å². The number of hydrogen-bond donors (Lipinski definition) is 2. The number of benzene rings is 2. The molecule has 11 heteroatoms. The number of nitrogens with zero attached hydrogens (tertiary/aromatic N) is 5. The van der Waals surface area contributed by atoms with Gasteiger partial charge in [0.15, 0.2) is 0 Å². The summed E-state index contributed by atoms with van der Waals surface area (Å²) in [5.41, 5.74) is 4.64. The Labute approximate surface area is 242 Å². The van der Waals surface area contributed by atoms with Crippen molar-refractivity contribution in [1.29, 1.82) is 0 Å². The maximum Gasteiger partial charge on any atom is 0.254 e. The molecule has 2 aliphatic rings. The summed E-state index contributed by atoms with van der Waals surface area (Å²) in [6.45, 7) is 3.67. The molecule has 1 fully saturated rings. The molecular formula is C30H30ClN7O3. The van der Waals surface area contributed by atoms with Crippen molar-refractivity contribution < 1.29 is 14.3 Å². The molecule has 2 aromatic heterocycles. The minimum absolute atomic E-state index is 0.0340. The van der Waals surface area contributed by atoms with E-state index in [0.717, 1.165) is 35.2 Å². The molecule has 41 heavy (non-hydrogen) atoms. The van der Waals surface area contributed by atoms with E-state index in [1.165, 1.54) is 0 Å². The quantitative estimate of drug-likeness (QED) is 0.322. The zero-order chi connectivity index (χ0) is 28.3. The fourth-order valence-electron chi connectivity index (χ4n) is 5.19. The Bertz CT molecular complexity index is 1550. The molecule has 0 saturated carbocycles. The lowest BCUT2D eigenvalue weighted by atomic mass is 10.0. The molecule has 2 N–H and O–H groups in total. The number of hydrogen-bond acceptors (Lipinski definition) is 7. The van der Waals surface area contributed by atoms with Gasteiger partial charge in [-0.15, -0.1) is 0 Å². The van der Waals surface area contributed by atoms with Crippen molar-refractivity contribution in [2.24, 2.45) is 0 Å². The SMILES string of the molecule is CC(NC(=O)CN1Cc2ccc(-c3nc(NC4CCOCC4)ncc3Cl)cc2C1=O)c1ccc(-n2ccnc2)cc1. The van der Waals surface area contributed by atoms with Crippen LogP contribution < -0.4 is 10.6 Å². The van der Waals surface area contributed by atoms with Gasteiger partial charge in [0.1, 0.15) is 6.54 Å². The molecule has 0 aliphatic carbocycles. The van der Waals surface area contributed by atoms with Crippen molar-refractivity contribution in [1.82, 2.24) is 29.7 Å². The van der Waals surface area contributed by atoms with Crippen LogP contribution in [0.5, 0.6) is 0 Å². The van der Waals surface area contributed by atoms with Crippen LogP contribution in [0.3, 0.4) is 0 Å². The second-order valence-corrected chi connectivity index (χ2v) is 10.7. The number of carbonyl (C=O) groups excluding carboxylic acids is 2. The third-order valence-corrected chi connectivity index (χ3v) is 7.74. The summed E-state index contributed by atoms with van der Waals surface area (Å²) >= 11 is 6.47. The first-order chi connectivity index (χ1) is 19.9. The molecule has 4 heterocycles. The van der Waals surface area contributed by atoms with E-state index in [0.29, 0.717) is 42.0 Å². The highest BCUT2D eigenvalue weighted by Gasteiger charge is 2.30. The van der Waals surface area contributed by atoms with E-state index in [-0.39, 0.29) is 30.4 Å². The lowest BCUT2D eigenvalue weighted by Crippen LogP contribution is -2.38. The minimum Gasteiger partial charge on any atom is -0.381 e. The lowest BCUT2D eigenvalue weighted by molar-refractivity contribution is -0.122. The molecule has 1 unspecified atom stereocenters. The highest BCUT2D eigenvalue weighted by molar-refractivity contribution is 6.33. The highest BCUT2D eigenvalue weighted by Crippen LogP contribution is 2.31. The second kappa shape index (κ2) is 11.7. The van der Waals surface area contributed by atoms with Crippen molar-refractivity contribution in [2.75, 3.05) is 25.1 Å². The summed E-state index contributed by atoms with van der Waals surface area (Å²) in [6, 6.07) is 13.5. The average molecular weight is 572 g/mol. The van der Waals surface area contributed by atoms with E-state index in [2.05, 4.69) is 25.6 Å². The Kier molecular flexibility index (Phi) is 7.67. The number of aromatic nitrogens is 4. The van der Waals surface area contributed by atoms with E-state index < -0.39 is 0 Å². The molecule has 0 spiro atoms. The number of halogens is 1.